The molecule has 1 aliphatic rings. The van der Waals surface area contributed by atoms with E-state index in [1.165, 1.54) is 30.6 Å². The summed E-state index contributed by atoms with van der Waals surface area (Å²) >= 11 is 1.52. The molecule has 5 nitrogen and oxygen atoms in total. The Balaban J connectivity index is 2.13. The van der Waals surface area contributed by atoms with Crippen LogP contribution in [0.5, 0.6) is 0 Å². The maximum atomic E-state index is 11.3. The topological polar surface area (TPSA) is 56.7 Å². The molecule has 1 N–H and O–H groups in total. The maximum Gasteiger partial charge on any atom is 0.315 e. The lowest BCUT2D eigenvalue weighted by atomic mass is 9.75. The summed E-state index contributed by atoms with van der Waals surface area (Å²) < 4.78 is 0. The molecule has 0 atom stereocenters. The van der Waals surface area contributed by atoms with Crippen LogP contribution < -0.4 is 4.90 Å². The molecule has 0 aromatic carbocycles. The van der Waals surface area contributed by atoms with Crippen LogP contribution in [0, 0.1) is 0 Å². The molecule has 1 saturated carbocycles. The number of nitrogens with zero attached hydrogens (tertiary/aromatic N) is 3. The smallest absolute Gasteiger partial charge is 0.315 e. The standard InChI is InChI=1S/C15H25N3O2S/c1-14(2,12(19)20)11-9-21-13(16-11)18(5)10-15(17(3)4)7-6-8-15/h9H,6-8,10H2,1-5H3,(H,19,20). The van der Waals surface area contributed by atoms with Crippen molar-refractivity contribution in [1.82, 2.24) is 9.88 Å². The Labute approximate surface area is 130 Å². The Morgan fingerprint density at radius 3 is 2.48 bits per heavy atom. The van der Waals surface area contributed by atoms with Gasteiger partial charge >= 0.3 is 5.97 Å². The van der Waals surface area contributed by atoms with E-state index >= 15 is 0 Å². The number of anilines is 1. The predicted octanol–water partition coefficient (Wildman–Crippen LogP) is 2.43. The first-order valence-electron chi connectivity index (χ1n) is 7.27. The van der Waals surface area contributed by atoms with E-state index in [9.17, 15) is 9.90 Å². The number of aromatic nitrogens is 1. The van der Waals surface area contributed by atoms with Crippen LogP contribution >= 0.6 is 11.3 Å². The minimum Gasteiger partial charge on any atom is -0.481 e. The van der Waals surface area contributed by atoms with Crippen LogP contribution in [0.4, 0.5) is 5.13 Å². The quantitative estimate of drug-likeness (QED) is 0.874. The molecule has 0 unspecified atom stereocenters. The Morgan fingerprint density at radius 2 is 2.05 bits per heavy atom. The second-order valence-electron chi connectivity index (χ2n) is 6.77. The fourth-order valence-electron chi connectivity index (χ4n) is 2.68. The van der Waals surface area contributed by atoms with E-state index in [0.29, 0.717) is 5.69 Å². The van der Waals surface area contributed by atoms with E-state index in [-0.39, 0.29) is 5.54 Å². The molecule has 2 rings (SSSR count). The molecule has 0 saturated heterocycles. The third kappa shape index (κ3) is 2.92. The number of thiazole rings is 1. The van der Waals surface area contributed by atoms with Crippen molar-refractivity contribution >= 4 is 22.4 Å². The second kappa shape index (κ2) is 5.57. The van der Waals surface area contributed by atoms with Gasteiger partial charge in [-0.15, -0.1) is 11.3 Å². The molecule has 21 heavy (non-hydrogen) atoms. The predicted molar refractivity (Wildman–Crippen MR) is 86.3 cm³/mol. The minimum absolute atomic E-state index is 0.239. The van der Waals surface area contributed by atoms with Crippen molar-refractivity contribution in [3.8, 4) is 0 Å². The number of rotatable bonds is 6. The van der Waals surface area contributed by atoms with Gasteiger partial charge in [0.1, 0.15) is 5.41 Å². The van der Waals surface area contributed by atoms with Gasteiger partial charge in [-0.05, 0) is 47.2 Å². The van der Waals surface area contributed by atoms with E-state index in [1.807, 2.05) is 12.4 Å². The molecule has 1 aliphatic carbocycles. The van der Waals surface area contributed by atoms with E-state index in [2.05, 4.69) is 28.9 Å². The van der Waals surface area contributed by atoms with Crippen LogP contribution in [0.1, 0.15) is 38.8 Å². The van der Waals surface area contributed by atoms with Crippen LogP contribution in [0.2, 0.25) is 0 Å². The van der Waals surface area contributed by atoms with E-state index in [1.54, 1.807) is 13.8 Å². The number of carboxylic acids is 1. The van der Waals surface area contributed by atoms with Crippen LogP contribution in [-0.2, 0) is 10.2 Å². The van der Waals surface area contributed by atoms with Gasteiger partial charge in [-0.25, -0.2) is 4.98 Å². The lowest BCUT2D eigenvalue weighted by molar-refractivity contribution is -0.142. The number of carboxylic acid groups (broad SMARTS) is 1. The highest BCUT2D eigenvalue weighted by Gasteiger charge is 2.40. The molecular formula is C15H25N3O2S. The summed E-state index contributed by atoms with van der Waals surface area (Å²) in [5, 5.41) is 12.1. The van der Waals surface area contributed by atoms with E-state index in [4.69, 9.17) is 0 Å². The summed E-state index contributed by atoms with van der Waals surface area (Å²) in [5.41, 5.74) is -0.0665. The van der Waals surface area contributed by atoms with Crippen molar-refractivity contribution in [2.24, 2.45) is 0 Å². The first-order valence-corrected chi connectivity index (χ1v) is 8.15. The van der Waals surface area contributed by atoms with Gasteiger partial charge in [-0.2, -0.15) is 0 Å². The van der Waals surface area contributed by atoms with Crippen molar-refractivity contribution in [1.29, 1.82) is 0 Å². The average Bonchev–Trinajstić information content (AvgIpc) is 2.82. The van der Waals surface area contributed by atoms with Crippen LogP contribution in [-0.4, -0.2) is 54.2 Å². The molecule has 1 heterocycles. The summed E-state index contributed by atoms with van der Waals surface area (Å²) in [4.78, 5) is 20.3. The highest BCUT2D eigenvalue weighted by atomic mass is 32.1. The van der Waals surface area contributed by atoms with Crippen molar-refractivity contribution in [2.45, 2.75) is 44.1 Å². The van der Waals surface area contributed by atoms with E-state index in [0.717, 1.165) is 11.7 Å². The molecule has 1 fully saturated rings. The van der Waals surface area contributed by atoms with Gasteiger partial charge in [-0.3, -0.25) is 4.79 Å². The first kappa shape index (κ1) is 16.2. The number of hydrogen-bond donors (Lipinski definition) is 1. The lowest BCUT2D eigenvalue weighted by Gasteiger charge is -2.49. The monoisotopic (exact) mass is 311 g/mol. The van der Waals surface area contributed by atoms with Crippen molar-refractivity contribution in [2.75, 3.05) is 32.6 Å². The summed E-state index contributed by atoms with van der Waals surface area (Å²) in [7, 11) is 6.31. The zero-order chi connectivity index (χ0) is 15.8. The summed E-state index contributed by atoms with van der Waals surface area (Å²) in [5.74, 6) is -0.842. The Morgan fingerprint density at radius 1 is 1.43 bits per heavy atom. The van der Waals surface area contributed by atoms with Crippen molar-refractivity contribution in [3.05, 3.63) is 11.1 Å². The van der Waals surface area contributed by atoms with Crippen LogP contribution in [0.25, 0.3) is 0 Å². The third-order valence-corrected chi connectivity index (χ3v) is 5.71. The molecule has 0 bridgehead atoms. The Kier molecular flexibility index (Phi) is 4.31. The molecule has 118 valence electrons. The number of carbonyl (C=O) groups is 1. The zero-order valence-electron chi connectivity index (χ0n) is 13.5. The number of hydrogen-bond acceptors (Lipinski definition) is 5. The van der Waals surface area contributed by atoms with Crippen LogP contribution in [0.3, 0.4) is 0 Å². The molecule has 1 aromatic heterocycles. The van der Waals surface area contributed by atoms with Gasteiger partial charge in [0.25, 0.3) is 0 Å². The highest BCUT2D eigenvalue weighted by molar-refractivity contribution is 7.13. The largest absolute Gasteiger partial charge is 0.481 e. The molecule has 0 spiro atoms. The molecule has 0 aliphatic heterocycles. The Bertz CT molecular complexity index is 521. The second-order valence-corrected chi connectivity index (χ2v) is 7.61. The summed E-state index contributed by atoms with van der Waals surface area (Å²) in [6, 6.07) is 0. The van der Waals surface area contributed by atoms with Gasteiger partial charge in [0, 0.05) is 24.5 Å². The third-order valence-electron chi connectivity index (χ3n) is 4.76. The van der Waals surface area contributed by atoms with E-state index < -0.39 is 11.4 Å². The normalized spacial score (nSPS) is 17.6. The van der Waals surface area contributed by atoms with Crippen LogP contribution in [0.15, 0.2) is 5.38 Å². The molecular weight excluding hydrogens is 286 g/mol. The highest BCUT2D eigenvalue weighted by Crippen LogP contribution is 2.38. The SMILES string of the molecule is CN(CC1(N(C)C)CCC1)c1nc(C(C)(C)C(=O)O)cs1. The molecule has 6 heteroatoms. The fourth-order valence-corrected chi connectivity index (χ4v) is 3.64. The number of aliphatic carboxylic acids is 1. The average molecular weight is 311 g/mol. The Hall–Kier alpha value is -1.14. The van der Waals surface area contributed by atoms with Crippen molar-refractivity contribution < 1.29 is 9.90 Å². The first-order chi connectivity index (χ1) is 9.69. The molecule has 0 amide bonds. The van der Waals surface area contributed by atoms with Gasteiger partial charge in [0.05, 0.1) is 5.69 Å². The van der Waals surface area contributed by atoms with Gasteiger partial charge < -0.3 is 14.9 Å². The number of likely N-dealkylation sites (N-methyl/N-ethyl adjacent to an activating group) is 2. The fraction of sp³-hybridized carbons (Fsp3) is 0.733. The van der Waals surface area contributed by atoms with Gasteiger partial charge in [-0.1, -0.05) is 0 Å². The maximum absolute atomic E-state index is 11.3. The summed E-state index contributed by atoms with van der Waals surface area (Å²) in [6.45, 7) is 4.32. The van der Waals surface area contributed by atoms with Gasteiger partial charge in [0.15, 0.2) is 5.13 Å². The minimum atomic E-state index is -0.939. The molecule has 1 aromatic rings. The molecule has 0 radical (unpaired) electrons. The lowest BCUT2D eigenvalue weighted by Crippen LogP contribution is -2.56. The zero-order valence-corrected chi connectivity index (χ0v) is 14.3. The van der Waals surface area contributed by atoms with Gasteiger partial charge in [0.2, 0.25) is 0 Å². The van der Waals surface area contributed by atoms with Crippen molar-refractivity contribution in [3.63, 3.8) is 0 Å². The summed E-state index contributed by atoms with van der Waals surface area (Å²) in [6.07, 6.45) is 3.70.